The minimum Gasteiger partial charge on any atom is -0.493 e. The Bertz CT molecular complexity index is 1230. The number of aryl methyl sites for hydroxylation is 1. The van der Waals surface area contributed by atoms with Crippen LogP contribution in [0, 0.1) is 12.8 Å². The summed E-state index contributed by atoms with van der Waals surface area (Å²) in [6, 6.07) is 14.7. The lowest BCUT2D eigenvalue weighted by atomic mass is 10.0. The van der Waals surface area contributed by atoms with Crippen molar-refractivity contribution in [2.75, 3.05) is 26.3 Å². The van der Waals surface area contributed by atoms with E-state index in [0.29, 0.717) is 37.3 Å². The zero-order chi connectivity index (χ0) is 32.6. The smallest absolute Gasteiger partial charge is 0.138 e. The van der Waals surface area contributed by atoms with Crippen molar-refractivity contribution in [1.82, 2.24) is 10.2 Å². The minimum absolute atomic E-state index is 0.0746. The molecule has 6 nitrogen and oxygen atoms in total. The molecule has 6 heteroatoms. The molecular formula is C38H59N3O3. The van der Waals surface area contributed by atoms with E-state index < -0.39 is 0 Å². The third-order valence-electron chi connectivity index (χ3n) is 8.09. The van der Waals surface area contributed by atoms with Crippen LogP contribution in [-0.2, 0) is 4.79 Å². The summed E-state index contributed by atoms with van der Waals surface area (Å²) in [7, 11) is 0. The molecule has 1 aliphatic rings. The Kier molecular flexibility index (Phi) is 16.3. The fraction of sp³-hybridized carbons (Fsp3) is 0.579. The lowest BCUT2D eigenvalue weighted by Crippen LogP contribution is -2.44. The summed E-state index contributed by atoms with van der Waals surface area (Å²) in [4.78, 5) is 18.5. The van der Waals surface area contributed by atoms with Gasteiger partial charge in [-0.2, -0.15) is 0 Å². The first kappa shape index (κ1) is 37.1. The van der Waals surface area contributed by atoms with Gasteiger partial charge in [-0.3, -0.25) is 9.69 Å². The minimum atomic E-state index is -0.0746. The number of aliphatic imine (C=N–C) groups is 1. The molecule has 0 bridgehead atoms. The van der Waals surface area contributed by atoms with E-state index in [-0.39, 0.29) is 6.17 Å². The number of allylic oxidation sites excluding steroid dienone is 1. The fourth-order valence-corrected chi connectivity index (χ4v) is 5.14. The first-order valence-electron chi connectivity index (χ1n) is 16.8. The van der Waals surface area contributed by atoms with Gasteiger partial charge in [0, 0.05) is 37.2 Å². The van der Waals surface area contributed by atoms with E-state index >= 15 is 0 Å². The highest BCUT2D eigenvalue weighted by atomic mass is 16.5. The number of carbonyl (C=O) groups is 1. The van der Waals surface area contributed by atoms with E-state index in [1.165, 1.54) is 11.1 Å². The van der Waals surface area contributed by atoms with Crippen LogP contribution in [0.2, 0.25) is 0 Å². The number of ketones is 1. The second-order valence-electron chi connectivity index (χ2n) is 12.2. The van der Waals surface area contributed by atoms with Crippen molar-refractivity contribution in [3.63, 3.8) is 0 Å². The van der Waals surface area contributed by atoms with E-state index in [2.05, 4.69) is 89.9 Å². The van der Waals surface area contributed by atoms with Gasteiger partial charge in [0.25, 0.3) is 0 Å². The average Bonchev–Trinajstić information content (AvgIpc) is 3.01. The molecule has 2 unspecified atom stereocenters. The van der Waals surface area contributed by atoms with E-state index in [9.17, 15) is 4.79 Å². The zero-order valence-electron chi connectivity index (χ0n) is 29.3. The number of nitrogens with zero attached hydrogens (tertiary/aromatic N) is 2. The third kappa shape index (κ3) is 11.1. The summed E-state index contributed by atoms with van der Waals surface area (Å²) in [5.74, 6) is 4.10. The summed E-state index contributed by atoms with van der Waals surface area (Å²) in [6.45, 7) is 24.4. The van der Waals surface area contributed by atoms with Gasteiger partial charge >= 0.3 is 0 Å². The number of nitrogens with one attached hydrogen (secondary N) is 1. The van der Waals surface area contributed by atoms with Gasteiger partial charge in [-0.1, -0.05) is 79.2 Å². The second-order valence-corrected chi connectivity index (χ2v) is 12.2. The van der Waals surface area contributed by atoms with Crippen molar-refractivity contribution in [3.8, 4) is 11.5 Å². The van der Waals surface area contributed by atoms with Crippen molar-refractivity contribution in [1.29, 1.82) is 0 Å². The van der Waals surface area contributed by atoms with Crippen LogP contribution in [0.5, 0.6) is 11.5 Å². The Morgan fingerprint density at radius 2 is 1.61 bits per heavy atom. The van der Waals surface area contributed by atoms with Crippen molar-refractivity contribution in [2.45, 2.75) is 113 Å². The molecule has 0 saturated carbocycles. The van der Waals surface area contributed by atoms with Crippen molar-refractivity contribution in [2.24, 2.45) is 10.9 Å². The predicted octanol–water partition coefficient (Wildman–Crippen LogP) is 9.07. The second kappa shape index (κ2) is 19.3. The van der Waals surface area contributed by atoms with Crippen molar-refractivity contribution < 1.29 is 14.3 Å². The van der Waals surface area contributed by atoms with Crippen LogP contribution < -0.4 is 14.8 Å². The highest BCUT2D eigenvalue weighted by Crippen LogP contribution is 2.29. The molecule has 2 aromatic rings. The maximum Gasteiger partial charge on any atom is 0.138 e. The molecule has 0 radical (unpaired) electrons. The lowest BCUT2D eigenvalue weighted by Gasteiger charge is -2.35. The SMILES string of the molecule is CCC(=O)CC(C)CC.CCCN(CCC)C1N=C(c2ccccc2OCC)NC(C)=C1COc1cc(C(C)C)ccc1C. The maximum atomic E-state index is 10.8. The molecule has 0 spiro atoms. The van der Waals surface area contributed by atoms with E-state index in [1.807, 2.05) is 32.0 Å². The van der Waals surface area contributed by atoms with Crippen LogP contribution >= 0.6 is 0 Å². The average molecular weight is 606 g/mol. The maximum absolute atomic E-state index is 10.8. The van der Waals surface area contributed by atoms with E-state index in [4.69, 9.17) is 14.5 Å². The summed E-state index contributed by atoms with van der Waals surface area (Å²) in [5, 5.41) is 3.57. The number of ether oxygens (including phenoxy) is 2. The first-order valence-corrected chi connectivity index (χ1v) is 16.8. The molecule has 2 aromatic carbocycles. The van der Waals surface area contributed by atoms with Gasteiger partial charge in [0.05, 0.1) is 12.2 Å². The van der Waals surface area contributed by atoms with Gasteiger partial charge in [-0.25, -0.2) is 4.99 Å². The number of carbonyl (C=O) groups excluding carboxylic acids is 1. The van der Waals surface area contributed by atoms with E-state index in [0.717, 1.165) is 72.9 Å². The Labute approximate surface area is 268 Å². The van der Waals surface area contributed by atoms with Crippen LogP contribution in [0.3, 0.4) is 0 Å². The number of para-hydroxylation sites is 1. The van der Waals surface area contributed by atoms with Crippen LogP contribution in [0.1, 0.15) is 117 Å². The quantitative estimate of drug-likeness (QED) is 0.207. The number of hydrogen-bond acceptors (Lipinski definition) is 6. The van der Waals surface area contributed by atoms with Crippen LogP contribution in [0.4, 0.5) is 0 Å². The molecule has 2 atom stereocenters. The molecule has 1 heterocycles. The number of rotatable bonds is 16. The fourth-order valence-electron chi connectivity index (χ4n) is 5.14. The van der Waals surface area contributed by atoms with Crippen LogP contribution in [0.15, 0.2) is 58.7 Å². The molecule has 3 rings (SSSR count). The Hall–Kier alpha value is -3.12. The number of amidine groups is 1. The molecular weight excluding hydrogens is 546 g/mol. The standard InChI is InChI=1S/C30H43N3O2.C8H16O/c1-8-17-33(18-9-2)30-26(20-35-28-19-24(21(4)5)16-15-22(28)6)23(7)31-29(32-30)25-13-11-12-14-27(25)34-10-3;1-4-7(3)6-8(9)5-2/h11-16,19,21,30H,8-10,17-18,20H2,1-7H3,(H,31,32);7H,4-6H2,1-3H3. The van der Waals surface area contributed by atoms with Crippen LogP contribution in [-0.4, -0.2) is 49.0 Å². The van der Waals surface area contributed by atoms with Gasteiger partial charge in [-0.15, -0.1) is 0 Å². The third-order valence-corrected chi connectivity index (χ3v) is 8.09. The molecule has 244 valence electrons. The summed E-state index contributed by atoms with van der Waals surface area (Å²) >= 11 is 0. The Morgan fingerprint density at radius 1 is 0.932 bits per heavy atom. The Balaban J connectivity index is 0.000000651. The molecule has 0 amide bonds. The predicted molar refractivity (Wildman–Crippen MR) is 186 cm³/mol. The van der Waals surface area contributed by atoms with Crippen molar-refractivity contribution in [3.05, 3.63) is 70.4 Å². The zero-order valence-corrected chi connectivity index (χ0v) is 29.3. The van der Waals surface area contributed by atoms with Crippen LogP contribution in [0.25, 0.3) is 0 Å². The molecule has 0 saturated heterocycles. The molecule has 44 heavy (non-hydrogen) atoms. The molecule has 1 aliphatic heterocycles. The summed E-state index contributed by atoms with van der Waals surface area (Å²) in [5.41, 5.74) is 5.72. The highest BCUT2D eigenvalue weighted by molar-refractivity contribution is 6.03. The van der Waals surface area contributed by atoms with Crippen molar-refractivity contribution >= 4 is 11.6 Å². The van der Waals surface area contributed by atoms with Gasteiger partial charge < -0.3 is 14.8 Å². The largest absolute Gasteiger partial charge is 0.493 e. The highest BCUT2D eigenvalue weighted by Gasteiger charge is 2.29. The molecule has 0 fully saturated rings. The van der Waals surface area contributed by atoms with E-state index in [1.54, 1.807) is 0 Å². The summed E-state index contributed by atoms with van der Waals surface area (Å²) < 4.78 is 12.4. The van der Waals surface area contributed by atoms with Gasteiger partial charge in [0.1, 0.15) is 35.9 Å². The Morgan fingerprint density at radius 3 is 2.20 bits per heavy atom. The normalized spacial score (nSPS) is 15.4. The number of benzene rings is 2. The first-order chi connectivity index (χ1) is 21.1. The monoisotopic (exact) mass is 605 g/mol. The van der Waals surface area contributed by atoms with Gasteiger partial charge in [-0.05, 0) is 74.8 Å². The van der Waals surface area contributed by atoms with Gasteiger partial charge in [0.15, 0.2) is 0 Å². The van der Waals surface area contributed by atoms with Gasteiger partial charge in [0.2, 0.25) is 0 Å². The molecule has 1 N–H and O–H groups in total. The topological polar surface area (TPSA) is 63.2 Å². The lowest BCUT2D eigenvalue weighted by molar-refractivity contribution is -0.119. The number of hydrogen-bond donors (Lipinski definition) is 1. The molecule has 0 aliphatic carbocycles. The number of Topliss-reactive ketones (excluding diaryl/α,β-unsaturated/α-hetero) is 1. The summed E-state index contributed by atoms with van der Waals surface area (Å²) in [6.07, 6.45) is 4.66. The molecule has 0 aromatic heterocycles.